The number of benzene rings is 1. The van der Waals surface area contributed by atoms with Crippen molar-refractivity contribution in [2.45, 2.75) is 19.4 Å². The lowest BCUT2D eigenvalue weighted by molar-refractivity contribution is -0.120. The molecule has 2 rings (SSSR count). The highest BCUT2D eigenvalue weighted by atomic mass is 16.5. The molecule has 0 aliphatic carbocycles. The van der Waals surface area contributed by atoms with Crippen molar-refractivity contribution < 1.29 is 14.3 Å². The van der Waals surface area contributed by atoms with Gasteiger partial charge in [0.25, 0.3) is 0 Å². The van der Waals surface area contributed by atoms with Gasteiger partial charge in [-0.25, -0.2) is 4.79 Å². The summed E-state index contributed by atoms with van der Waals surface area (Å²) in [5.74, 6) is 0.618. The van der Waals surface area contributed by atoms with Gasteiger partial charge in [0.05, 0.1) is 12.2 Å². The summed E-state index contributed by atoms with van der Waals surface area (Å²) in [6, 6.07) is 7.57. The van der Waals surface area contributed by atoms with Crippen LogP contribution in [0.25, 0.3) is 0 Å². The van der Waals surface area contributed by atoms with Crippen molar-refractivity contribution in [1.29, 1.82) is 0 Å². The molecule has 3 amide bonds. The Hall–Kier alpha value is -2.28. The predicted molar refractivity (Wildman–Crippen MR) is 93.5 cm³/mol. The highest BCUT2D eigenvalue weighted by molar-refractivity contribution is 5.94. The van der Waals surface area contributed by atoms with Crippen LogP contribution in [0.3, 0.4) is 0 Å². The number of carbonyl (C=O) groups is 2. The van der Waals surface area contributed by atoms with Crippen molar-refractivity contribution >= 4 is 17.6 Å². The molecule has 1 aliphatic rings. The van der Waals surface area contributed by atoms with Gasteiger partial charge in [0, 0.05) is 33.1 Å². The van der Waals surface area contributed by atoms with Crippen molar-refractivity contribution in [1.82, 2.24) is 15.5 Å². The normalized spacial score (nSPS) is 16.3. The van der Waals surface area contributed by atoms with Crippen LogP contribution in [0.4, 0.5) is 10.5 Å². The Labute approximate surface area is 142 Å². The summed E-state index contributed by atoms with van der Waals surface area (Å²) in [6.45, 7) is 5.16. The summed E-state index contributed by atoms with van der Waals surface area (Å²) < 4.78 is 6.08. The van der Waals surface area contributed by atoms with Gasteiger partial charge in [-0.05, 0) is 26.1 Å². The zero-order valence-corrected chi connectivity index (χ0v) is 14.5. The Kier molecular flexibility index (Phi) is 6.43. The molecule has 1 heterocycles. The number of hydrogen-bond acceptors (Lipinski definition) is 5. The molecule has 1 aromatic rings. The molecule has 0 spiro atoms. The third-order valence-electron chi connectivity index (χ3n) is 4.02. The molecule has 7 nitrogen and oxygen atoms in total. The molecule has 0 radical (unpaired) electrons. The minimum absolute atomic E-state index is 0.0480. The number of nitrogens with one attached hydrogen (secondary N) is 2. The number of urea groups is 1. The predicted octanol–water partition coefficient (Wildman–Crippen LogP) is 1.05. The van der Waals surface area contributed by atoms with Gasteiger partial charge >= 0.3 is 6.03 Å². The fourth-order valence-electron chi connectivity index (χ4n) is 2.76. The summed E-state index contributed by atoms with van der Waals surface area (Å²) in [5, 5.41) is 4.62. The first-order valence-corrected chi connectivity index (χ1v) is 8.24. The summed E-state index contributed by atoms with van der Waals surface area (Å²) in [5.41, 5.74) is 1.13. The third kappa shape index (κ3) is 4.86. The number of ether oxygens (including phenoxy) is 1. The molecule has 0 aromatic heterocycles. The van der Waals surface area contributed by atoms with Gasteiger partial charge in [0.15, 0.2) is 0 Å². The van der Waals surface area contributed by atoms with Gasteiger partial charge in [-0.15, -0.1) is 0 Å². The van der Waals surface area contributed by atoms with Crippen molar-refractivity contribution in [2.75, 3.05) is 45.2 Å². The van der Waals surface area contributed by atoms with E-state index in [1.807, 2.05) is 25.2 Å². The van der Waals surface area contributed by atoms with Gasteiger partial charge in [0.2, 0.25) is 5.91 Å². The zero-order chi connectivity index (χ0) is 17.5. The molecule has 1 aliphatic heterocycles. The standard InChI is InChI=1S/C17H26N4O3/c1-4-21-12-13(24-15-8-6-5-7-14(15)21)11-20(3)10-9-16(22)19-17(23)18-2/h5-8,13H,4,9-12H2,1-3H3,(H2,18,19,22,23)/t13-/m0/s1. The average molecular weight is 334 g/mol. The molecule has 2 N–H and O–H groups in total. The number of hydrogen-bond donors (Lipinski definition) is 2. The Morgan fingerprint density at radius 3 is 2.83 bits per heavy atom. The van der Waals surface area contributed by atoms with Crippen LogP contribution >= 0.6 is 0 Å². The molecule has 7 heteroatoms. The molecule has 132 valence electrons. The van der Waals surface area contributed by atoms with E-state index < -0.39 is 6.03 Å². The number of fused-ring (bicyclic) bond motifs is 1. The molecule has 0 unspecified atom stereocenters. The monoisotopic (exact) mass is 334 g/mol. The Morgan fingerprint density at radius 1 is 1.38 bits per heavy atom. The fraction of sp³-hybridized carbons (Fsp3) is 0.529. The topological polar surface area (TPSA) is 73.9 Å². The first-order valence-electron chi connectivity index (χ1n) is 8.24. The quantitative estimate of drug-likeness (QED) is 0.813. The lowest BCUT2D eigenvalue weighted by Crippen LogP contribution is -2.46. The van der Waals surface area contributed by atoms with Crippen LogP contribution in [-0.2, 0) is 4.79 Å². The van der Waals surface area contributed by atoms with Crippen LogP contribution < -0.4 is 20.3 Å². The zero-order valence-electron chi connectivity index (χ0n) is 14.5. The van der Waals surface area contributed by atoms with E-state index in [1.54, 1.807) is 0 Å². The second kappa shape index (κ2) is 8.54. The molecule has 0 saturated heterocycles. The largest absolute Gasteiger partial charge is 0.485 e. The molecular weight excluding hydrogens is 308 g/mol. The highest BCUT2D eigenvalue weighted by Crippen LogP contribution is 2.32. The molecule has 0 saturated carbocycles. The van der Waals surface area contributed by atoms with Crippen molar-refractivity contribution in [3.63, 3.8) is 0 Å². The summed E-state index contributed by atoms with van der Waals surface area (Å²) in [7, 11) is 3.43. The number of para-hydroxylation sites is 2. The van der Waals surface area contributed by atoms with Crippen LogP contribution in [-0.4, -0.2) is 63.2 Å². The summed E-state index contributed by atoms with van der Waals surface area (Å²) >= 11 is 0. The number of likely N-dealkylation sites (N-methyl/N-ethyl adjacent to an activating group) is 2. The Balaban J connectivity index is 1.83. The Bertz CT molecular complexity index is 579. The molecule has 0 bridgehead atoms. The lowest BCUT2D eigenvalue weighted by atomic mass is 10.2. The number of anilines is 1. The van der Waals surface area contributed by atoms with Crippen LogP contribution in [0.5, 0.6) is 5.75 Å². The number of carbonyl (C=O) groups excluding carboxylic acids is 2. The number of nitrogens with zero attached hydrogens (tertiary/aromatic N) is 2. The number of imide groups is 1. The maximum Gasteiger partial charge on any atom is 0.321 e. The van der Waals surface area contributed by atoms with E-state index in [1.165, 1.54) is 7.05 Å². The maximum atomic E-state index is 11.6. The first-order chi connectivity index (χ1) is 11.5. The van der Waals surface area contributed by atoms with Crippen LogP contribution in [0, 0.1) is 0 Å². The average Bonchev–Trinajstić information content (AvgIpc) is 2.59. The van der Waals surface area contributed by atoms with Gasteiger partial charge in [-0.3, -0.25) is 10.1 Å². The second-order valence-electron chi connectivity index (χ2n) is 5.89. The number of amides is 3. The second-order valence-corrected chi connectivity index (χ2v) is 5.89. The lowest BCUT2D eigenvalue weighted by Gasteiger charge is -2.37. The Morgan fingerprint density at radius 2 is 2.12 bits per heavy atom. The highest BCUT2D eigenvalue weighted by Gasteiger charge is 2.25. The minimum atomic E-state index is -0.478. The maximum absolute atomic E-state index is 11.6. The first kappa shape index (κ1) is 18.1. The van der Waals surface area contributed by atoms with E-state index >= 15 is 0 Å². The van der Waals surface area contributed by atoms with Gasteiger partial charge in [-0.1, -0.05) is 12.1 Å². The van der Waals surface area contributed by atoms with Gasteiger partial charge < -0.3 is 19.9 Å². The van der Waals surface area contributed by atoms with Crippen LogP contribution in [0.2, 0.25) is 0 Å². The van der Waals surface area contributed by atoms with E-state index in [2.05, 4.69) is 33.4 Å². The van der Waals surface area contributed by atoms with Gasteiger partial charge in [0.1, 0.15) is 11.9 Å². The van der Waals surface area contributed by atoms with Crippen molar-refractivity contribution in [2.24, 2.45) is 0 Å². The fourth-order valence-corrected chi connectivity index (χ4v) is 2.76. The molecular formula is C17H26N4O3. The van der Waals surface area contributed by atoms with E-state index in [4.69, 9.17) is 4.74 Å². The van der Waals surface area contributed by atoms with Gasteiger partial charge in [-0.2, -0.15) is 0 Å². The SMILES string of the molecule is CCN1C[C@H](CN(C)CCC(=O)NC(=O)NC)Oc2ccccc21. The third-order valence-corrected chi connectivity index (χ3v) is 4.02. The molecule has 1 atom stereocenters. The molecule has 24 heavy (non-hydrogen) atoms. The van der Waals surface area contributed by atoms with E-state index in [9.17, 15) is 9.59 Å². The smallest absolute Gasteiger partial charge is 0.321 e. The minimum Gasteiger partial charge on any atom is -0.485 e. The van der Waals surface area contributed by atoms with Crippen LogP contribution in [0.1, 0.15) is 13.3 Å². The molecule has 0 fully saturated rings. The van der Waals surface area contributed by atoms with E-state index in [0.717, 1.165) is 31.1 Å². The number of rotatable bonds is 6. The molecule has 1 aromatic carbocycles. The van der Waals surface area contributed by atoms with Crippen LogP contribution in [0.15, 0.2) is 24.3 Å². The summed E-state index contributed by atoms with van der Waals surface area (Å²) in [4.78, 5) is 27.1. The van der Waals surface area contributed by atoms with E-state index in [0.29, 0.717) is 6.54 Å². The summed E-state index contributed by atoms with van der Waals surface area (Å²) in [6.07, 6.45) is 0.317. The van der Waals surface area contributed by atoms with Crippen molar-refractivity contribution in [3.05, 3.63) is 24.3 Å². The van der Waals surface area contributed by atoms with E-state index in [-0.39, 0.29) is 18.4 Å². The van der Waals surface area contributed by atoms with Crippen molar-refractivity contribution in [3.8, 4) is 5.75 Å².